The van der Waals surface area contributed by atoms with Crippen LogP contribution in [0.1, 0.15) is 12.2 Å². The molecule has 0 saturated heterocycles. The van der Waals surface area contributed by atoms with Crippen molar-refractivity contribution in [2.45, 2.75) is 12.8 Å². The zero-order valence-corrected chi connectivity index (χ0v) is 10.6. The summed E-state index contributed by atoms with van der Waals surface area (Å²) in [6.45, 7) is 2.08. The molecule has 0 radical (unpaired) electrons. The topological polar surface area (TPSA) is 33.4 Å². The molecule has 4 nitrogen and oxygen atoms in total. The van der Waals surface area contributed by atoms with Gasteiger partial charge in [-0.1, -0.05) is 0 Å². The van der Waals surface area contributed by atoms with Gasteiger partial charge in [0.15, 0.2) is 0 Å². The maximum atomic E-state index is 4.52. The van der Waals surface area contributed by atoms with Crippen molar-refractivity contribution < 1.29 is 20.4 Å². The van der Waals surface area contributed by atoms with E-state index in [1.54, 1.807) is 0 Å². The van der Waals surface area contributed by atoms with Gasteiger partial charge in [-0.2, -0.15) is 0 Å². The van der Waals surface area contributed by atoms with E-state index in [4.69, 9.17) is 0 Å². The first-order valence-corrected chi connectivity index (χ1v) is 4.98. The summed E-state index contributed by atoms with van der Waals surface area (Å²) in [6.07, 6.45) is 5.82. The number of amidine groups is 1. The van der Waals surface area contributed by atoms with Crippen molar-refractivity contribution in [3.63, 3.8) is 0 Å². The van der Waals surface area contributed by atoms with Gasteiger partial charge in [-0.15, -0.1) is 0 Å². The van der Waals surface area contributed by atoms with Crippen molar-refractivity contribution in [3.8, 4) is 0 Å². The summed E-state index contributed by atoms with van der Waals surface area (Å²) in [6, 6.07) is 0. The van der Waals surface area contributed by atoms with Gasteiger partial charge < -0.3 is 9.47 Å². The summed E-state index contributed by atoms with van der Waals surface area (Å²) in [4.78, 5) is 11.0. The van der Waals surface area contributed by atoms with Crippen LogP contribution in [0.5, 0.6) is 0 Å². The van der Waals surface area contributed by atoms with E-state index in [2.05, 4.69) is 21.9 Å². The van der Waals surface area contributed by atoms with E-state index in [9.17, 15) is 0 Å². The van der Waals surface area contributed by atoms with Gasteiger partial charge in [-0.25, -0.2) is 4.98 Å². The summed E-state index contributed by atoms with van der Waals surface area (Å²) < 4.78 is 2.05. The van der Waals surface area contributed by atoms with Gasteiger partial charge in [-0.05, 0) is 6.42 Å². The van der Waals surface area contributed by atoms with Crippen LogP contribution in [0, 0.1) is 0 Å². The number of likely N-dealkylation sites (N-methyl/N-ethyl adjacent to an activating group) is 1. The normalized spacial score (nSPS) is 15.9. The van der Waals surface area contributed by atoms with Crippen molar-refractivity contribution in [1.82, 2.24) is 14.5 Å². The van der Waals surface area contributed by atoms with Crippen LogP contribution >= 0.6 is 0 Å². The van der Waals surface area contributed by atoms with E-state index in [0.717, 1.165) is 31.2 Å². The van der Waals surface area contributed by atoms with Crippen molar-refractivity contribution in [3.05, 3.63) is 18.2 Å². The first-order valence-electron chi connectivity index (χ1n) is 4.98. The van der Waals surface area contributed by atoms with E-state index in [-0.39, 0.29) is 20.4 Å². The number of hydrogen-bond acceptors (Lipinski definition) is 3. The van der Waals surface area contributed by atoms with E-state index in [1.807, 2.05) is 24.0 Å². The van der Waals surface area contributed by atoms with Crippen molar-refractivity contribution >= 4 is 5.84 Å². The first-order chi connectivity index (χ1) is 6.77. The van der Waals surface area contributed by atoms with E-state index < -0.39 is 0 Å². The molecule has 0 spiro atoms. The van der Waals surface area contributed by atoms with Gasteiger partial charge in [0.2, 0.25) is 0 Å². The SMILES string of the molecule is CN1CCCN=C1Cc1nccn1C.[Pd]. The minimum atomic E-state index is 0. The molecule has 2 rings (SSSR count). The molecule has 2 heterocycles. The number of nitrogens with zero attached hydrogens (tertiary/aromatic N) is 4. The summed E-state index contributed by atoms with van der Waals surface area (Å²) in [5.41, 5.74) is 0. The van der Waals surface area contributed by atoms with Gasteiger partial charge in [0.1, 0.15) is 11.7 Å². The summed E-state index contributed by atoms with van der Waals surface area (Å²) in [5.74, 6) is 2.24. The molecule has 1 aromatic heterocycles. The maximum Gasteiger partial charge on any atom is 0.115 e. The zero-order valence-electron chi connectivity index (χ0n) is 9.09. The maximum absolute atomic E-state index is 4.52. The molecule has 15 heavy (non-hydrogen) atoms. The fraction of sp³-hybridized carbons (Fsp3) is 0.600. The van der Waals surface area contributed by atoms with Gasteiger partial charge in [0.05, 0.1) is 6.42 Å². The number of aromatic nitrogens is 2. The molecule has 0 fully saturated rings. The van der Waals surface area contributed by atoms with Crippen LogP contribution in [0.3, 0.4) is 0 Å². The monoisotopic (exact) mass is 298 g/mol. The summed E-state index contributed by atoms with van der Waals surface area (Å²) >= 11 is 0. The Morgan fingerprint density at radius 3 is 2.80 bits per heavy atom. The number of rotatable bonds is 2. The Labute approximate surface area is 104 Å². The molecule has 0 bridgehead atoms. The Hall–Kier alpha value is -0.658. The average Bonchev–Trinajstić information content (AvgIpc) is 2.56. The van der Waals surface area contributed by atoms with E-state index in [0.29, 0.717) is 0 Å². The van der Waals surface area contributed by atoms with Crippen LogP contribution in [0.4, 0.5) is 0 Å². The number of imidazole rings is 1. The van der Waals surface area contributed by atoms with Gasteiger partial charge in [-0.3, -0.25) is 4.99 Å². The molecule has 0 aromatic carbocycles. The van der Waals surface area contributed by atoms with Crippen LogP contribution in [-0.4, -0.2) is 40.4 Å². The van der Waals surface area contributed by atoms with E-state index in [1.165, 1.54) is 6.42 Å². The van der Waals surface area contributed by atoms with Gasteiger partial charge in [0.25, 0.3) is 0 Å². The summed E-state index contributed by atoms with van der Waals surface area (Å²) in [5, 5.41) is 0. The number of hydrogen-bond donors (Lipinski definition) is 0. The third-order valence-electron chi connectivity index (χ3n) is 2.62. The van der Waals surface area contributed by atoms with Gasteiger partial charge in [0, 0.05) is 60.0 Å². The molecule has 1 aliphatic heterocycles. The van der Waals surface area contributed by atoms with Crippen molar-refractivity contribution in [2.24, 2.45) is 12.0 Å². The standard InChI is InChI=1S/C10H16N4.Pd/c1-13-6-3-4-11-9(13)8-10-12-5-7-14(10)2;/h5,7H,3-4,6,8H2,1-2H3;. The fourth-order valence-electron chi connectivity index (χ4n) is 1.66. The average molecular weight is 299 g/mol. The summed E-state index contributed by atoms with van der Waals surface area (Å²) in [7, 11) is 4.12. The molecule has 1 aromatic rings. The number of aryl methyl sites for hydroxylation is 1. The second-order valence-electron chi connectivity index (χ2n) is 3.70. The van der Waals surface area contributed by atoms with Crippen LogP contribution in [0.2, 0.25) is 0 Å². The van der Waals surface area contributed by atoms with Crippen LogP contribution in [0.25, 0.3) is 0 Å². The third kappa shape index (κ3) is 2.90. The molecule has 0 amide bonds. The minimum absolute atomic E-state index is 0. The smallest absolute Gasteiger partial charge is 0.115 e. The van der Waals surface area contributed by atoms with Crippen molar-refractivity contribution in [1.29, 1.82) is 0 Å². The molecule has 0 aliphatic carbocycles. The predicted molar refractivity (Wildman–Crippen MR) is 56.5 cm³/mol. The Morgan fingerprint density at radius 2 is 2.20 bits per heavy atom. The van der Waals surface area contributed by atoms with E-state index >= 15 is 0 Å². The molecule has 0 N–H and O–H groups in total. The number of aliphatic imine (C=N–C) groups is 1. The predicted octanol–water partition coefficient (Wildman–Crippen LogP) is 0.694. The molecule has 0 unspecified atom stereocenters. The van der Waals surface area contributed by atoms with Crippen LogP contribution in [-0.2, 0) is 33.9 Å². The molecule has 5 heteroatoms. The molecule has 86 valence electrons. The fourth-order valence-corrected chi connectivity index (χ4v) is 1.66. The second-order valence-corrected chi connectivity index (χ2v) is 3.70. The Bertz CT molecular complexity index is 345. The van der Waals surface area contributed by atoms with Crippen LogP contribution in [0.15, 0.2) is 17.4 Å². The molecular weight excluding hydrogens is 283 g/mol. The Morgan fingerprint density at radius 1 is 1.40 bits per heavy atom. The second kappa shape index (κ2) is 5.43. The molecule has 0 saturated carbocycles. The molecular formula is C10H16N4Pd. The quantitative estimate of drug-likeness (QED) is 0.753. The van der Waals surface area contributed by atoms with Crippen molar-refractivity contribution in [2.75, 3.05) is 20.1 Å². The largest absolute Gasteiger partial charge is 0.363 e. The molecule has 0 atom stereocenters. The molecule has 1 aliphatic rings. The Balaban J connectivity index is 0.00000112. The Kier molecular flexibility index (Phi) is 4.50. The third-order valence-corrected chi connectivity index (χ3v) is 2.62. The first kappa shape index (κ1) is 12.4. The zero-order chi connectivity index (χ0) is 9.97. The van der Waals surface area contributed by atoms with Gasteiger partial charge >= 0.3 is 0 Å². The minimum Gasteiger partial charge on any atom is -0.363 e. The van der Waals surface area contributed by atoms with Crippen LogP contribution < -0.4 is 0 Å².